The van der Waals surface area contributed by atoms with Crippen LogP contribution in [0.2, 0.25) is 5.02 Å². The van der Waals surface area contributed by atoms with Crippen LogP contribution >= 0.6 is 27.5 Å². The van der Waals surface area contributed by atoms with Crippen LogP contribution in [0.1, 0.15) is 6.92 Å². The average Bonchev–Trinajstić information content (AvgIpc) is 2.44. The molecule has 0 aliphatic rings. The van der Waals surface area contributed by atoms with E-state index in [1.54, 1.807) is 37.3 Å². The van der Waals surface area contributed by atoms with E-state index in [9.17, 15) is 9.18 Å². The van der Waals surface area contributed by atoms with Gasteiger partial charge in [-0.2, -0.15) is 0 Å². The van der Waals surface area contributed by atoms with E-state index in [4.69, 9.17) is 16.3 Å². The third-order valence-corrected chi connectivity index (χ3v) is 3.50. The van der Waals surface area contributed by atoms with Crippen LogP contribution in [0.25, 0.3) is 0 Å². The predicted octanol–water partition coefficient (Wildman–Crippen LogP) is 4.65. The van der Waals surface area contributed by atoms with Gasteiger partial charge in [0.1, 0.15) is 11.6 Å². The lowest BCUT2D eigenvalue weighted by atomic mass is 10.2. The van der Waals surface area contributed by atoms with E-state index in [0.29, 0.717) is 15.2 Å². The van der Waals surface area contributed by atoms with E-state index in [0.717, 1.165) is 0 Å². The summed E-state index contributed by atoms with van der Waals surface area (Å²) in [6, 6.07) is 11.2. The Kier molecular flexibility index (Phi) is 5.20. The van der Waals surface area contributed by atoms with Gasteiger partial charge in [-0.05, 0) is 37.3 Å². The average molecular weight is 373 g/mol. The molecule has 0 aliphatic heterocycles. The summed E-state index contributed by atoms with van der Waals surface area (Å²) in [6.07, 6.45) is -0.812. The maximum absolute atomic E-state index is 13.7. The molecule has 2 rings (SSSR count). The summed E-state index contributed by atoms with van der Waals surface area (Å²) in [7, 11) is 0. The summed E-state index contributed by atoms with van der Waals surface area (Å²) >= 11 is 9.11. The van der Waals surface area contributed by atoms with Crippen molar-refractivity contribution in [1.29, 1.82) is 0 Å². The maximum atomic E-state index is 13.7. The molecule has 0 heterocycles. The molecule has 3 nitrogen and oxygen atoms in total. The van der Waals surface area contributed by atoms with Crippen molar-refractivity contribution in [3.8, 4) is 5.75 Å². The van der Waals surface area contributed by atoms with Crippen molar-refractivity contribution in [2.75, 3.05) is 5.32 Å². The molecule has 0 unspecified atom stereocenters. The third kappa shape index (κ3) is 4.19. The first-order valence-corrected chi connectivity index (χ1v) is 7.31. The monoisotopic (exact) mass is 371 g/mol. The van der Waals surface area contributed by atoms with E-state index >= 15 is 0 Å². The second-order valence-corrected chi connectivity index (χ2v) is 5.63. The summed E-state index contributed by atoms with van der Waals surface area (Å²) < 4.78 is 19.7. The van der Waals surface area contributed by atoms with Gasteiger partial charge in [-0.15, -0.1) is 0 Å². The summed E-state index contributed by atoms with van der Waals surface area (Å²) in [5.74, 6) is -0.586. The Labute approximate surface area is 135 Å². The van der Waals surface area contributed by atoms with Crippen LogP contribution in [0, 0.1) is 5.82 Å². The second-order valence-electron chi connectivity index (χ2n) is 4.30. The van der Waals surface area contributed by atoms with Crippen molar-refractivity contribution in [3.05, 3.63) is 57.8 Å². The zero-order chi connectivity index (χ0) is 15.4. The van der Waals surface area contributed by atoms with E-state index in [1.807, 2.05) is 0 Å². The van der Waals surface area contributed by atoms with E-state index in [-0.39, 0.29) is 5.69 Å². The third-order valence-electron chi connectivity index (χ3n) is 2.70. The fourth-order valence-corrected chi connectivity index (χ4v) is 2.12. The fourth-order valence-electron chi connectivity index (χ4n) is 1.61. The first kappa shape index (κ1) is 15.8. The Bertz CT molecular complexity index is 666. The minimum Gasteiger partial charge on any atom is -0.479 e. The lowest BCUT2D eigenvalue weighted by Gasteiger charge is -2.15. The Hall–Kier alpha value is -1.59. The Morgan fingerprint density at radius 2 is 2.05 bits per heavy atom. The van der Waals surface area contributed by atoms with Crippen molar-refractivity contribution in [2.24, 2.45) is 0 Å². The topological polar surface area (TPSA) is 38.3 Å². The van der Waals surface area contributed by atoms with E-state index in [2.05, 4.69) is 21.2 Å². The lowest BCUT2D eigenvalue weighted by Crippen LogP contribution is -2.30. The molecule has 1 N–H and O–H groups in total. The molecule has 2 aromatic carbocycles. The van der Waals surface area contributed by atoms with Gasteiger partial charge in [-0.3, -0.25) is 4.79 Å². The largest absolute Gasteiger partial charge is 0.479 e. The molecule has 1 amide bonds. The fraction of sp³-hybridized carbons (Fsp3) is 0.133. The number of hydrogen-bond donors (Lipinski definition) is 1. The van der Waals surface area contributed by atoms with Crippen LogP contribution in [-0.4, -0.2) is 12.0 Å². The van der Waals surface area contributed by atoms with Gasteiger partial charge in [0.2, 0.25) is 0 Å². The molecule has 1 atom stereocenters. The van der Waals surface area contributed by atoms with Gasteiger partial charge in [0.05, 0.1) is 10.7 Å². The molecule has 0 radical (unpaired) electrons. The lowest BCUT2D eigenvalue weighted by molar-refractivity contribution is -0.122. The molecule has 21 heavy (non-hydrogen) atoms. The van der Waals surface area contributed by atoms with Crippen LogP contribution in [0.5, 0.6) is 5.75 Å². The van der Waals surface area contributed by atoms with Gasteiger partial charge < -0.3 is 10.1 Å². The highest BCUT2D eigenvalue weighted by Gasteiger charge is 2.17. The van der Waals surface area contributed by atoms with Crippen molar-refractivity contribution in [1.82, 2.24) is 0 Å². The summed E-state index contributed by atoms with van der Waals surface area (Å²) in [5.41, 5.74) is 0.0952. The molecule has 0 spiro atoms. The number of rotatable bonds is 4. The highest BCUT2D eigenvalue weighted by Crippen LogP contribution is 2.25. The number of carbonyl (C=O) groups is 1. The number of benzene rings is 2. The SMILES string of the molecule is C[C@H](Oc1ccccc1Cl)C(=O)Nc1ccc(Br)cc1F. The number of hydrogen-bond acceptors (Lipinski definition) is 2. The number of halogens is 3. The van der Waals surface area contributed by atoms with Crippen LogP contribution in [0.4, 0.5) is 10.1 Å². The van der Waals surface area contributed by atoms with Gasteiger partial charge in [-0.25, -0.2) is 4.39 Å². The number of para-hydroxylation sites is 1. The molecule has 0 saturated carbocycles. The van der Waals surface area contributed by atoms with E-state index < -0.39 is 17.8 Å². The van der Waals surface area contributed by atoms with Crippen molar-refractivity contribution in [3.63, 3.8) is 0 Å². The number of amides is 1. The van der Waals surface area contributed by atoms with E-state index in [1.165, 1.54) is 12.1 Å². The smallest absolute Gasteiger partial charge is 0.265 e. The van der Waals surface area contributed by atoms with Gasteiger partial charge in [0, 0.05) is 4.47 Å². The van der Waals surface area contributed by atoms with Crippen LogP contribution in [0.3, 0.4) is 0 Å². The number of nitrogens with one attached hydrogen (secondary N) is 1. The van der Waals surface area contributed by atoms with Crippen LogP contribution in [-0.2, 0) is 4.79 Å². The molecular weight excluding hydrogens is 361 g/mol. The molecule has 0 aromatic heterocycles. The van der Waals surface area contributed by atoms with Gasteiger partial charge in [0.15, 0.2) is 6.10 Å². The molecule has 0 fully saturated rings. The molecule has 0 bridgehead atoms. The first-order chi connectivity index (χ1) is 9.97. The van der Waals surface area contributed by atoms with Gasteiger partial charge >= 0.3 is 0 Å². The second kappa shape index (κ2) is 6.91. The van der Waals surface area contributed by atoms with Gasteiger partial charge in [-0.1, -0.05) is 39.7 Å². The highest BCUT2D eigenvalue weighted by molar-refractivity contribution is 9.10. The maximum Gasteiger partial charge on any atom is 0.265 e. The number of carbonyl (C=O) groups excluding carboxylic acids is 1. The molecule has 110 valence electrons. The van der Waals surface area contributed by atoms with Crippen LogP contribution in [0.15, 0.2) is 46.9 Å². The molecular formula is C15H12BrClFNO2. The zero-order valence-corrected chi connectivity index (χ0v) is 13.4. The minimum atomic E-state index is -0.812. The summed E-state index contributed by atoms with van der Waals surface area (Å²) in [5, 5.41) is 2.88. The Morgan fingerprint density at radius 1 is 1.33 bits per heavy atom. The summed E-state index contributed by atoms with van der Waals surface area (Å²) in [6.45, 7) is 1.56. The minimum absolute atomic E-state index is 0.0952. The summed E-state index contributed by atoms with van der Waals surface area (Å²) in [4.78, 5) is 12.0. The zero-order valence-electron chi connectivity index (χ0n) is 11.1. The Balaban J connectivity index is 2.04. The van der Waals surface area contributed by atoms with Crippen molar-refractivity contribution >= 4 is 39.1 Å². The number of ether oxygens (including phenoxy) is 1. The molecule has 0 aliphatic carbocycles. The van der Waals surface area contributed by atoms with Crippen molar-refractivity contribution < 1.29 is 13.9 Å². The number of anilines is 1. The Morgan fingerprint density at radius 3 is 2.71 bits per heavy atom. The van der Waals surface area contributed by atoms with Gasteiger partial charge in [0.25, 0.3) is 5.91 Å². The predicted molar refractivity (Wildman–Crippen MR) is 84.3 cm³/mol. The normalized spacial score (nSPS) is 11.8. The molecule has 0 saturated heterocycles. The van der Waals surface area contributed by atoms with Crippen molar-refractivity contribution in [2.45, 2.75) is 13.0 Å². The standard InChI is InChI=1S/C15H12BrClFNO2/c1-9(21-14-5-3-2-4-11(14)17)15(20)19-13-7-6-10(16)8-12(13)18/h2-9H,1H3,(H,19,20)/t9-/m0/s1. The highest BCUT2D eigenvalue weighted by atomic mass is 79.9. The quantitative estimate of drug-likeness (QED) is 0.848. The first-order valence-electron chi connectivity index (χ1n) is 6.14. The van der Waals surface area contributed by atoms with Crippen LogP contribution < -0.4 is 10.1 Å². The molecule has 2 aromatic rings. The molecule has 6 heteroatoms.